The Morgan fingerprint density at radius 2 is 0.682 bits per heavy atom. The summed E-state index contributed by atoms with van der Waals surface area (Å²) in [5.41, 5.74) is 19.1. The number of anilines is 3. The van der Waals surface area contributed by atoms with Crippen molar-refractivity contribution in [2.24, 2.45) is 0 Å². The molecule has 0 saturated heterocycles. The summed E-state index contributed by atoms with van der Waals surface area (Å²) in [6.07, 6.45) is 0. The SMILES string of the molecule is c1ccc(-c2ccc(N(c3ccc(-c4ccc5c(c4)c(-c4cccc(-c6ccccc6)c4)cc4oc6ccccc6c45)cc3)c3ccccc3-c3cccc(-c4ccccc4)c3)cc2)cc1. The van der Waals surface area contributed by atoms with E-state index < -0.39 is 0 Å². The van der Waals surface area contributed by atoms with Gasteiger partial charge in [-0.25, -0.2) is 0 Å². The lowest BCUT2D eigenvalue weighted by atomic mass is 9.91. The van der Waals surface area contributed by atoms with E-state index >= 15 is 0 Å². The topological polar surface area (TPSA) is 16.4 Å². The van der Waals surface area contributed by atoms with Crippen LogP contribution in [0.25, 0.3) is 99.5 Å². The molecule has 1 aromatic heterocycles. The third-order valence-electron chi connectivity index (χ3n) is 12.9. The molecule has 0 fully saturated rings. The van der Waals surface area contributed by atoms with Gasteiger partial charge in [-0.05, 0) is 133 Å². The lowest BCUT2D eigenvalue weighted by molar-refractivity contribution is 0.669. The van der Waals surface area contributed by atoms with Crippen molar-refractivity contribution in [3.05, 3.63) is 261 Å². The number of benzene rings is 11. The largest absolute Gasteiger partial charge is 0.456 e. The number of fused-ring (bicyclic) bond motifs is 5. The number of furan rings is 1. The van der Waals surface area contributed by atoms with E-state index in [1.54, 1.807) is 0 Å². The Hall–Kier alpha value is -8.72. The maximum atomic E-state index is 6.55. The first-order valence-electron chi connectivity index (χ1n) is 22.6. The van der Waals surface area contributed by atoms with Crippen LogP contribution in [0.4, 0.5) is 17.1 Å². The van der Waals surface area contributed by atoms with Gasteiger partial charge in [0.05, 0.1) is 5.69 Å². The summed E-state index contributed by atoms with van der Waals surface area (Å²) in [7, 11) is 0. The fourth-order valence-corrected chi connectivity index (χ4v) is 9.63. The molecule has 0 amide bonds. The Labute approximate surface area is 384 Å². The molecule has 0 saturated carbocycles. The molecular formula is C64H43NO. The highest BCUT2D eigenvalue weighted by Crippen LogP contribution is 2.45. The molecule has 0 spiro atoms. The molecule has 2 nitrogen and oxygen atoms in total. The lowest BCUT2D eigenvalue weighted by Crippen LogP contribution is -2.11. The van der Waals surface area contributed by atoms with Gasteiger partial charge in [-0.3, -0.25) is 0 Å². The van der Waals surface area contributed by atoms with Crippen LogP contribution < -0.4 is 4.90 Å². The van der Waals surface area contributed by atoms with Crippen molar-refractivity contribution in [3.63, 3.8) is 0 Å². The highest BCUT2D eigenvalue weighted by molar-refractivity contribution is 6.22. The first-order valence-corrected chi connectivity index (χ1v) is 22.6. The van der Waals surface area contributed by atoms with E-state index in [4.69, 9.17) is 4.42 Å². The van der Waals surface area contributed by atoms with Gasteiger partial charge < -0.3 is 9.32 Å². The Morgan fingerprint density at radius 1 is 0.242 bits per heavy atom. The molecule has 2 heteroatoms. The standard InChI is InChI=1S/C64H43NO/c1-4-16-44(17-5-1)47-30-35-54(36-31-47)65(61-28-12-10-26-56(61)52-24-14-22-49(40-52)45-18-6-2-7-19-45)55-37-32-48(33-38-55)51-34-39-57-60(42-51)59(43-63-64(57)58-27-11-13-29-62(58)66-63)53-25-15-23-50(41-53)46-20-8-3-9-21-46/h1-43H. The number of nitrogens with zero attached hydrogens (tertiary/aromatic N) is 1. The number of hydrogen-bond donors (Lipinski definition) is 0. The van der Waals surface area contributed by atoms with Gasteiger partial charge in [0.25, 0.3) is 0 Å². The Morgan fingerprint density at radius 3 is 1.30 bits per heavy atom. The van der Waals surface area contributed by atoms with E-state index in [2.05, 4.69) is 260 Å². The maximum Gasteiger partial charge on any atom is 0.136 e. The van der Waals surface area contributed by atoms with Crippen molar-refractivity contribution in [2.75, 3.05) is 4.90 Å². The molecule has 0 aliphatic rings. The quantitative estimate of drug-likeness (QED) is 0.144. The molecule has 0 N–H and O–H groups in total. The summed E-state index contributed by atoms with van der Waals surface area (Å²) in [6, 6.07) is 93.8. The minimum absolute atomic E-state index is 0.893. The summed E-state index contributed by atoms with van der Waals surface area (Å²) in [6.45, 7) is 0. The summed E-state index contributed by atoms with van der Waals surface area (Å²) in [5.74, 6) is 0. The predicted molar refractivity (Wildman–Crippen MR) is 279 cm³/mol. The van der Waals surface area contributed by atoms with Crippen LogP contribution >= 0.6 is 0 Å². The van der Waals surface area contributed by atoms with Crippen LogP contribution in [0.5, 0.6) is 0 Å². The molecule has 12 rings (SSSR count). The highest BCUT2D eigenvalue weighted by atomic mass is 16.3. The molecular weight excluding hydrogens is 799 g/mol. The molecule has 12 aromatic rings. The average Bonchev–Trinajstić information content (AvgIpc) is 3.79. The Bertz CT molecular complexity index is 3670. The molecule has 310 valence electrons. The van der Waals surface area contributed by atoms with Crippen molar-refractivity contribution >= 4 is 49.8 Å². The molecule has 11 aromatic carbocycles. The van der Waals surface area contributed by atoms with Crippen LogP contribution in [-0.2, 0) is 0 Å². The van der Waals surface area contributed by atoms with Gasteiger partial charge in [-0.2, -0.15) is 0 Å². The molecule has 0 radical (unpaired) electrons. The van der Waals surface area contributed by atoms with Crippen LogP contribution in [-0.4, -0.2) is 0 Å². The fourth-order valence-electron chi connectivity index (χ4n) is 9.63. The van der Waals surface area contributed by atoms with Gasteiger partial charge in [0.15, 0.2) is 0 Å². The summed E-state index contributed by atoms with van der Waals surface area (Å²) in [5, 5.41) is 4.64. The first kappa shape index (κ1) is 38.9. The molecule has 1 heterocycles. The van der Waals surface area contributed by atoms with E-state index in [-0.39, 0.29) is 0 Å². The second-order valence-corrected chi connectivity index (χ2v) is 16.9. The lowest BCUT2D eigenvalue weighted by Gasteiger charge is -2.28. The number of para-hydroxylation sites is 2. The molecule has 0 aliphatic carbocycles. The van der Waals surface area contributed by atoms with E-state index in [0.29, 0.717) is 0 Å². The van der Waals surface area contributed by atoms with Gasteiger partial charge in [0.2, 0.25) is 0 Å². The summed E-state index contributed by atoms with van der Waals surface area (Å²) < 4.78 is 6.55. The maximum absolute atomic E-state index is 6.55. The molecule has 0 aliphatic heterocycles. The van der Waals surface area contributed by atoms with Crippen molar-refractivity contribution in [3.8, 4) is 66.8 Å². The predicted octanol–water partition coefficient (Wildman–Crippen LogP) is 18.2. The van der Waals surface area contributed by atoms with Crippen LogP contribution in [0.15, 0.2) is 265 Å². The number of hydrogen-bond acceptors (Lipinski definition) is 2. The smallest absolute Gasteiger partial charge is 0.136 e. The molecule has 0 bridgehead atoms. The summed E-state index contributed by atoms with van der Waals surface area (Å²) >= 11 is 0. The van der Waals surface area contributed by atoms with Crippen LogP contribution in [0, 0.1) is 0 Å². The van der Waals surface area contributed by atoms with Gasteiger partial charge in [0, 0.05) is 27.7 Å². The Balaban J connectivity index is 0.984. The van der Waals surface area contributed by atoms with Crippen LogP contribution in [0.3, 0.4) is 0 Å². The van der Waals surface area contributed by atoms with Crippen molar-refractivity contribution < 1.29 is 4.42 Å². The minimum atomic E-state index is 0.893. The van der Waals surface area contributed by atoms with Crippen molar-refractivity contribution in [2.45, 2.75) is 0 Å². The van der Waals surface area contributed by atoms with E-state index in [0.717, 1.165) is 72.4 Å². The normalized spacial score (nSPS) is 11.3. The summed E-state index contributed by atoms with van der Waals surface area (Å²) in [4.78, 5) is 2.39. The second kappa shape index (κ2) is 16.8. The average molecular weight is 842 g/mol. The van der Waals surface area contributed by atoms with Crippen molar-refractivity contribution in [1.82, 2.24) is 0 Å². The molecule has 0 atom stereocenters. The number of rotatable bonds is 9. The molecule has 66 heavy (non-hydrogen) atoms. The van der Waals surface area contributed by atoms with Gasteiger partial charge in [-0.15, -0.1) is 0 Å². The zero-order valence-electron chi connectivity index (χ0n) is 36.2. The fraction of sp³-hybridized carbons (Fsp3) is 0. The van der Waals surface area contributed by atoms with E-state index in [1.165, 1.54) is 44.2 Å². The van der Waals surface area contributed by atoms with Gasteiger partial charge in [0.1, 0.15) is 11.2 Å². The van der Waals surface area contributed by atoms with Gasteiger partial charge >= 0.3 is 0 Å². The highest BCUT2D eigenvalue weighted by Gasteiger charge is 2.20. The van der Waals surface area contributed by atoms with Crippen molar-refractivity contribution in [1.29, 1.82) is 0 Å². The van der Waals surface area contributed by atoms with E-state index in [9.17, 15) is 0 Å². The Kier molecular flexibility index (Phi) is 9.89. The van der Waals surface area contributed by atoms with Crippen LogP contribution in [0.1, 0.15) is 0 Å². The second-order valence-electron chi connectivity index (χ2n) is 16.9. The monoisotopic (exact) mass is 841 g/mol. The first-order chi connectivity index (χ1) is 32.7. The minimum Gasteiger partial charge on any atom is -0.456 e. The zero-order valence-corrected chi connectivity index (χ0v) is 36.2. The van der Waals surface area contributed by atoms with E-state index in [1.807, 2.05) is 6.07 Å². The molecule has 0 unspecified atom stereocenters. The zero-order chi connectivity index (χ0) is 43.8. The van der Waals surface area contributed by atoms with Gasteiger partial charge in [-0.1, -0.05) is 200 Å². The third kappa shape index (κ3) is 7.21. The third-order valence-corrected chi connectivity index (χ3v) is 12.9. The van der Waals surface area contributed by atoms with Crippen LogP contribution in [0.2, 0.25) is 0 Å².